The Morgan fingerprint density at radius 1 is 1.13 bits per heavy atom. The Bertz CT molecular complexity index is 940. The van der Waals surface area contributed by atoms with E-state index in [1.54, 1.807) is 7.11 Å². The standard InChI is InChI=1S/C24H27NO6/c1-28-17-7-4-15(5-8-17)23-22(24(26)27)19(13-25(23)12-18-3-2-10-29-18)16-6-9-20-21(11-16)31-14-30-20/h4-9,11,18-19,22-23H,2-3,10,12-14H2,1H3,(H,26,27). The van der Waals surface area contributed by atoms with E-state index >= 15 is 0 Å². The van der Waals surface area contributed by atoms with Crippen LogP contribution in [-0.2, 0) is 9.53 Å². The van der Waals surface area contributed by atoms with Gasteiger partial charge in [0, 0.05) is 31.7 Å². The maximum Gasteiger partial charge on any atom is 0.309 e. The van der Waals surface area contributed by atoms with Gasteiger partial charge in [-0.15, -0.1) is 0 Å². The first-order chi connectivity index (χ1) is 15.1. The molecule has 0 radical (unpaired) electrons. The van der Waals surface area contributed by atoms with Gasteiger partial charge in [0.25, 0.3) is 0 Å². The number of nitrogens with zero attached hydrogens (tertiary/aromatic N) is 1. The Morgan fingerprint density at radius 3 is 2.61 bits per heavy atom. The van der Waals surface area contributed by atoms with Gasteiger partial charge in [-0.2, -0.15) is 0 Å². The van der Waals surface area contributed by atoms with E-state index in [-0.39, 0.29) is 24.9 Å². The summed E-state index contributed by atoms with van der Waals surface area (Å²) in [5.41, 5.74) is 1.94. The topological polar surface area (TPSA) is 77.5 Å². The predicted molar refractivity (Wildman–Crippen MR) is 113 cm³/mol. The number of carbonyl (C=O) groups is 1. The third kappa shape index (κ3) is 3.83. The lowest BCUT2D eigenvalue weighted by molar-refractivity contribution is -0.143. The first-order valence-electron chi connectivity index (χ1n) is 10.8. The molecule has 2 aromatic carbocycles. The first-order valence-corrected chi connectivity index (χ1v) is 10.8. The van der Waals surface area contributed by atoms with E-state index in [0.29, 0.717) is 18.0 Å². The number of fused-ring (bicyclic) bond motifs is 1. The Labute approximate surface area is 181 Å². The largest absolute Gasteiger partial charge is 0.497 e. The monoisotopic (exact) mass is 425 g/mol. The molecule has 2 fully saturated rings. The number of carboxylic acid groups (broad SMARTS) is 1. The third-order valence-corrected chi connectivity index (χ3v) is 6.63. The van der Waals surface area contributed by atoms with Crippen molar-refractivity contribution < 1.29 is 28.8 Å². The highest BCUT2D eigenvalue weighted by molar-refractivity contribution is 5.74. The average Bonchev–Trinajstić information content (AvgIpc) is 3.53. The molecule has 0 aliphatic carbocycles. The quantitative estimate of drug-likeness (QED) is 0.760. The summed E-state index contributed by atoms with van der Waals surface area (Å²) in [4.78, 5) is 14.9. The maximum atomic E-state index is 12.6. The summed E-state index contributed by atoms with van der Waals surface area (Å²) < 4.78 is 22.2. The summed E-state index contributed by atoms with van der Waals surface area (Å²) in [5.74, 6) is 0.595. The van der Waals surface area contributed by atoms with E-state index < -0.39 is 11.9 Å². The molecule has 7 nitrogen and oxygen atoms in total. The molecular weight excluding hydrogens is 398 g/mol. The molecule has 31 heavy (non-hydrogen) atoms. The van der Waals surface area contributed by atoms with Gasteiger partial charge in [-0.05, 0) is 48.2 Å². The Morgan fingerprint density at radius 2 is 1.90 bits per heavy atom. The lowest BCUT2D eigenvalue weighted by Gasteiger charge is -2.29. The highest BCUT2D eigenvalue weighted by Crippen LogP contribution is 2.48. The second kappa shape index (κ2) is 8.40. The smallest absolute Gasteiger partial charge is 0.309 e. The van der Waals surface area contributed by atoms with Crippen LogP contribution >= 0.6 is 0 Å². The van der Waals surface area contributed by atoms with E-state index in [2.05, 4.69) is 4.90 Å². The molecule has 7 heteroatoms. The van der Waals surface area contributed by atoms with Crippen LogP contribution in [0.25, 0.3) is 0 Å². The molecule has 164 valence electrons. The second-order valence-electron chi connectivity index (χ2n) is 8.39. The maximum absolute atomic E-state index is 12.6. The lowest BCUT2D eigenvalue weighted by atomic mass is 9.82. The molecule has 1 N–H and O–H groups in total. The molecular formula is C24H27NO6. The molecule has 0 amide bonds. The number of aliphatic carboxylic acids is 1. The summed E-state index contributed by atoms with van der Waals surface area (Å²) in [5, 5.41) is 10.3. The number of benzene rings is 2. The zero-order valence-corrected chi connectivity index (χ0v) is 17.5. The second-order valence-corrected chi connectivity index (χ2v) is 8.39. The van der Waals surface area contributed by atoms with Crippen LogP contribution in [0.2, 0.25) is 0 Å². The van der Waals surface area contributed by atoms with Crippen molar-refractivity contribution in [3.63, 3.8) is 0 Å². The zero-order chi connectivity index (χ0) is 21.4. The van der Waals surface area contributed by atoms with Crippen LogP contribution < -0.4 is 14.2 Å². The van der Waals surface area contributed by atoms with Crippen molar-refractivity contribution in [1.82, 2.24) is 4.90 Å². The van der Waals surface area contributed by atoms with Gasteiger partial charge in [-0.25, -0.2) is 0 Å². The summed E-state index contributed by atoms with van der Waals surface area (Å²) in [7, 11) is 1.63. The van der Waals surface area contributed by atoms with Gasteiger partial charge in [0.15, 0.2) is 11.5 Å². The average molecular weight is 425 g/mol. The summed E-state index contributed by atoms with van der Waals surface area (Å²) >= 11 is 0. The van der Waals surface area contributed by atoms with Crippen molar-refractivity contribution in [1.29, 1.82) is 0 Å². The predicted octanol–water partition coefficient (Wildman–Crippen LogP) is 3.44. The van der Waals surface area contributed by atoms with Crippen molar-refractivity contribution in [2.24, 2.45) is 5.92 Å². The fourth-order valence-electron chi connectivity index (χ4n) is 5.15. The van der Waals surface area contributed by atoms with Crippen LogP contribution in [0.4, 0.5) is 0 Å². The molecule has 4 atom stereocenters. The molecule has 0 saturated carbocycles. The zero-order valence-electron chi connectivity index (χ0n) is 17.5. The Hall–Kier alpha value is -2.77. The SMILES string of the molecule is COc1ccc(C2C(C(=O)O)C(c3ccc4c(c3)OCO4)CN2CC2CCCO2)cc1. The number of likely N-dealkylation sites (tertiary alicyclic amines) is 1. The van der Waals surface area contributed by atoms with Gasteiger partial charge in [-0.1, -0.05) is 18.2 Å². The molecule has 2 aromatic rings. The van der Waals surface area contributed by atoms with Crippen LogP contribution in [0.3, 0.4) is 0 Å². The van der Waals surface area contributed by atoms with Crippen molar-refractivity contribution in [3.05, 3.63) is 53.6 Å². The van der Waals surface area contributed by atoms with Crippen LogP contribution in [-0.4, -0.2) is 55.7 Å². The van der Waals surface area contributed by atoms with Crippen molar-refractivity contribution >= 4 is 5.97 Å². The summed E-state index contributed by atoms with van der Waals surface area (Å²) in [6.45, 7) is 2.35. The molecule has 4 unspecified atom stereocenters. The third-order valence-electron chi connectivity index (χ3n) is 6.63. The van der Waals surface area contributed by atoms with E-state index in [4.69, 9.17) is 18.9 Å². The molecule has 3 aliphatic heterocycles. The molecule has 3 heterocycles. The van der Waals surface area contributed by atoms with Crippen molar-refractivity contribution in [3.8, 4) is 17.2 Å². The Balaban J connectivity index is 1.51. The molecule has 5 rings (SSSR count). The molecule has 2 saturated heterocycles. The van der Waals surface area contributed by atoms with E-state index in [1.165, 1.54) is 0 Å². The number of ether oxygens (including phenoxy) is 4. The van der Waals surface area contributed by atoms with Crippen LogP contribution in [0.5, 0.6) is 17.2 Å². The fraction of sp³-hybridized carbons (Fsp3) is 0.458. The first kappa shape index (κ1) is 20.2. The van der Waals surface area contributed by atoms with E-state index in [0.717, 1.165) is 42.9 Å². The van der Waals surface area contributed by atoms with Crippen LogP contribution in [0, 0.1) is 5.92 Å². The van der Waals surface area contributed by atoms with E-state index in [1.807, 2.05) is 42.5 Å². The number of methoxy groups -OCH3 is 1. The van der Waals surface area contributed by atoms with Gasteiger partial charge in [-0.3, -0.25) is 9.69 Å². The summed E-state index contributed by atoms with van der Waals surface area (Å²) in [6, 6.07) is 13.3. The van der Waals surface area contributed by atoms with Crippen LogP contribution in [0.15, 0.2) is 42.5 Å². The highest BCUT2D eigenvalue weighted by atomic mass is 16.7. The number of hydrogen-bond donors (Lipinski definition) is 1. The molecule has 0 spiro atoms. The molecule has 3 aliphatic rings. The van der Waals surface area contributed by atoms with Crippen molar-refractivity contribution in [2.45, 2.75) is 30.9 Å². The fourth-order valence-corrected chi connectivity index (χ4v) is 5.15. The summed E-state index contributed by atoms with van der Waals surface area (Å²) in [6.07, 6.45) is 2.21. The highest BCUT2D eigenvalue weighted by Gasteiger charge is 2.48. The molecule has 0 aromatic heterocycles. The minimum atomic E-state index is -0.793. The van der Waals surface area contributed by atoms with Crippen molar-refractivity contribution in [2.75, 3.05) is 33.6 Å². The van der Waals surface area contributed by atoms with Gasteiger partial charge in [0.05, 0.1) is 19.1 Å². The minimum Gasteiger partial charge on any atom is -0.497 e. The van der Waals surface area contributed by atoms with Gasteiger partial charge in [0.2, 0.25) is 6.79 Å². The number of hydrogen-bond acceptors (Lipinski definition) is 6. The number of carboxylic acids is 1. The molecule has 0 bridgehead atoms. The lowest BCUT2D eigenvalue weighted by Crippen LogP contribution is -2.34. The van der Waals surface area contributed by atoms with E-state index in [9.17, 15) is 9.90 Å². The van der Waals surface area contributed by atoms with Gasteiger partial charge < -0.3 is 24.1 Å². The Kier molecular flexibility index (Phi) is 5.46. The van der Waals surface area contributed by atoms with Crippen LogP contribution in [0.1, 0.15) is 35.9 Å². The minimum absolute atomic E-state index is 0.144. The van der Waals surface area contributed by atoms with Gasteiger partial charge in [0.1, 0.15) is 5.75 Å². The normalized spacial score (nSPS) is 27.5. The van der Waals surface area contributed by atoms with Gasteiger partial charge >= 0.3 is 5.97 Å². The number of rotatable bonds is 6.